The highest BCUT2D eigenvalue weighted by Gasteiger charge is 2.42. The number of aromatic carboxylic acids is 1. The number of nitrogens with zero attached hydrogens (tertiary/aromatic N) is 2. The van der Waals surface area contributed by atoms with E-state index < -0.39 is 29.2 Å². The first kappa shape index (κ1) is 28.2. The van der Waals surface area contributed by atoms with Crippen molar-refractivity contribution in [2.24, 2.45) is 0 Å². The molecule has 0 amide bonds. The lowest BCUT2D eigenvalue weighted by Crippen LogP contribution is -2.32. The number of ether oxygens (including phenoxy) is 3. The molecule has 1 aromatic heterocycles. The summed E-state index contributed by atoms with van der Waals surface area (Å²) in [6, 6.07) is 15.7. The topological polar surface area (TPSA) is 82.8 Å². The first-order valence-corrected chi connectivity index (χ1v) is 14.3. The lowest BCUT2D eigenvalue weighted by Gasteiger charge is -2.27. The molecule has 224 valence electrons. The minimum absolute atomic E-state index is 0.0484. The van der Waals surface area contributed by atoms with Crippen LogP contribution in [0.5, 0.6) is 11.5 Å². The normalized spacial score (nSPS) is 18.9. The van der Waals surface area contributed by atoms with Crippen molar-refractivity contribution < 1.29 is 37.3 Å². The van der Waals surface area contributed by atoms with Gasteiger partial charge in [0.25, 0.3) is 5.79 Å². The van der Waals surface area contributed by atoms with Gasteiger partial charge >= 0.3 is 5.97 Å². The van der Waals surface area contributed by atoms with Crippen molar-refractivity contribution in [2.45, 2.75) is 38.2 Å². The highest BCUT2D eigenvalue weighted by Crippen LogP contribution is 2.50. The Morgan fingerprint density at radius 3 is 2.57 bits per heavy atom. The van der Waals surface area contributed by atoms with E-state index in [2.05, 4.69) is 4.98 Å². The fraction of sp³-hybridized carbons (Fsp3) is 0.212. The van der Waals surface area contributed by atoms with Gasteiger partial charge in [0.1, 0.15) is 23.3 Å². The number of carboxylic acids is 1. The third-order valence-corrected chi connectivity index (χ3v) is 8.26. The first-order chi connectivity index (χ1) is 21.1. The second-order valence-corrected chi connectivity index (χ2v) is 11.4. The van der Waals surface area contributed by atoms with Gasteiger partial charge in [-0.15, -0.1) is 0 Å². The van der Waals surface area contributed by atoms with E-state index in [0.29, 0.717) is 30.0 Å². The van der Waals surface area contributed by atoms with Crippen LogP contribution >= 0.6 is 11.6 Å². The molecule has 7 rings (SSSR count). The Morgan fingerprint density at radius 2 is 1.84 bits per heavy atom. The number of hydrogen-bond acceptors (Lipinski definition) is 5. The van der Waals surface area contributed by atoms with E-state index in [4.69, 9.17) is 25.8 Å². The molecule has 2 aliphatic heterocycles. The number of benzene rings is 4. The second kappa shape index (κ2) is 10.6. The van der Waals surface area contributed by atoms with E-state index in [1.54, 1.807) is 24.3 Å². The van der Waals surface area contributed by atoms with Gasteiger partial charge in [-0.2, -0.15) is 0 Å². The summed E-state index contributed by atoms with van der Waals surface area (Å²) in [6.45, 7) is 2.56. The molecule has 0 unspecified atom stereocenters. The maximum atomic E-state index is 15.8. The van der Waals surface area contributed by atoms with Gasteiger partial charge in [0.15, 0.2) is 11.5 Å². The molecule has 0 aliphatic carbocycles. The summed E-state index contributed by atoms with van der Waals surface area (Å²) in [5, 5.41) is 9.70. The van der Waals surface area contributed by atoms with Crippen LogP contribution in [0.3, 0.4) is 0 Å². The molecule has 7 nitrogen and oxygen atoms in total. The summed E-state index contributed by atoms with van der Waals surface area (Å²) in [5.41, 5.74) is 1.54. The summed E-state index contributed by atoms with van der Waals surface area (Å²) in [7, 11) is 0. The van der Waals surface area contributed by atoms with Crippen molar-refractivity contribution in [3.05, 3.63) is 112 Å². The van der Waals surface area contributed by atoms with Gasteiger partial charge in [-0.3, -0.25) is 0 Å². The Hall–Kier alpha value is -4.54. The number of fused-ring (bicyclic) bond motifs is 2. The third-order valence-electron chi connectivity index (χ3n) is 8.03. The van der Waals surface area contributed by atoms with E-state index in [9.17, 15) is 14.3 Å². The number of carbonyl (C=O) groups is 1. The fourth-order valence-electron chi connectivity index (χ4n) is 5.68. The quantitative estimate of drug-likeness (QED) is 0.203. The lowest BCUT2D eigenvalue weighted by atomic mass is 10.00. The molecule has 3 heterocycles. The Kier molecular flexibility index (Phi) is 6.78. The van der Waals surface area contributed by atoms with Gasteiger partial charge in [-0.05, 0) is 66.6 Å². The zero-order valence-electron chi connectivity index (χ0n) is 23.2. The van der Waals surface area contributed by atoms with Crippen LogP contribution in [0.25, 0.3) is 22.2 Å². The molecular formula is C33H24ClF3N2O5. The van der Waals surface area contributed by atoms with E-state index in [0.717, 1.165) is 24.6 Å². The Balaban J connectivity index is 1.23. The predicted octanol–water partition coefficient (Wildman–Crippen LogP) is 7.50. The summed E-state index contributed by atoms with van der Waals surface area (Å²) in [6.07, 6.45) is 0.692. The fourth-order valence-corrected chi connectivity index (χ4v) is 5.84. The van der Waals surface area contributed by atoms with Gasteiger partial charge in [0.05, 0.1) is 34.8 Å². The average Bonchev–Trinajstić information content (AvgIpc) is 3.48. The van der Waals surface area contributed by atoms with Gasteiger partial charge in [-0.1, -0.05) is 23.7 Å². The van der Waals surface area contributed by atoms with E-state index in [1.807, 2.05) is 4.57 Å². The van der Waals surface area contributed by atoms with Gasteiger partial charge in [-0.25, -0.2) is 22.9 Å². The van der Waals surface area contributed by atoms with Crippen LogP contribution in [0.15, 0.2) is 66.7 Å². The lowest BCUT2D eigenvalue weighted by molar-refractivity contribution is -0.0705. The van der Waals surface area contributed by atoms with Crippen LogP contribution in [-0.4, -0.2) is 33.3 Å². The van der Waals surface area contributed by atoms with Crippen LogP contribution in [0.1, 0.15) is 40.7 Å². The molecule has 1 saturated heterocycles. The largest absolute Gasteiger partial charge is 0.478 e. The molecule has 0 spiro atoms. The van der Waals surface area contributed by atoms with Crippen molar-refractivity contribution in [2.75, 3.05) is 6.61 Å². The molecule has 0 bridgehead atoms. The van der Waals surface area contributed by atoms with E-state index in [1.165, 1.54) is 31.2 Å². The first-order valence-electron chi connectivity index (χ1n) is 13.9. The van der Waals surface area contributed by atoms with Crippen LogP contribution in [0.4, 0.5) is 13.2 Å². The van der Waals surface area contributed by atoms with Crippen LogP contribution < -0.4 is 9.47 Å². The molecule has 1 N–H and O–H groups in total. The maximum Gasteiger partial charge on any atom is 0.335 e. The van der Waals surface area contributed by atoms with Crippen LogP contribution in [0, 0.1) is 17.5 Å². The minimum atomic E-state index is -1.56. The number of carboxylic acid groups (broad SMARTS) is 1. The zero-order valence-corrected chi connectivity index (χ0v) is 24.0. The summed E-state index contributed by atoms with van der Waals surface area (Å²) < 4.78 is 65.7. The molecule has 4 aromatic carbocycles. The summed E-state index contributed by atoms with van der Waals surface area (Å²) >= 11 is 5.91. The SMILES string of the molecule is C[C@@]1(c2ccc(Cl)cc2F)Oc2cccc(-c3cc(F)c(Cc4nc5ccc(C(=O)O)cc5n4C[C@@H]4CCO4)cc3F)c2O1. The van der Waals surface area contributed by atoms with Crippen molar-refractivity contribution in [3.8, 4) is 22.6 Å². The van der Waals surface area contributed by atoms with E-state index in [-0.39, 0.29) is 56.9 Å². The molecular weight excluding hydrogens is 597 g/mol. The number of halogens is 4. The summed E-state index contributed by atoms with van der Waals surface area (Å²) in [5.74, 6) is -3.82. The average molecular weight is 621 g/mol. The number of aromatic nitrogens is 2. The Labute approximate surface area is 254 Å². The molecule has 44 heavy (non-hydrogen) atoms. The molecule has 0 saturated carbocycles. The zero-order chi connectivity index (χ0) is 30.7. The molecule has 2 atom stereocenters. The standard InChI is InChI=1S/C33H24ClF3N2O5/c1-33(23-7-6-19(34)14-26(23)37)43-29-4-2-3-21(31(29)44-33)22-15-24(35)18(11-25(22)36)13-30-38-27-8-5-17(32(40)41)12-28(27)39(30)16-20-9-10-42-20/h2-8,11-12,14-15,20H,9-10,13,16H2,1H3,(H,40,41)/t20-,33+/m0/s1. The second-order valence-electron chi connectivity index (χ2n) is 10.9. The molecule has 0 radical (unpaired) electrons. The molecule has 11 heteroatoms. The van der Waals surface area contributed by atoms with Gasteiger partial charge in [0.2, 0.25) is 0 Å². The van der Waals surface area contributed by atoms with Gasteiger partial charge in [0, 0.05) is 36.1 Å². The Morgan fingerprint density at radius 1 is 1.02 bits per heavy atom. The highest BCUT2D eigenvalue weighted by molar-refractivity contribution is 6.30. The molecule has 1 fully saturated rings. The minimum Gasteiger partial charge on any atom is -0.478 e. The monoisotopic (exact) mass is 620 g/mol. The Bertz CT molecular complexity index is 1980. The van der Waals surface area contributed by atoms with Crippen LogP contribution in [0.2, 0.25) is 5.02 Å². The number of hydrogen-bond donors (Lipinski definition) is 1. The van der Waals surface area contributed by atoms with Gasteiger partial charge < -0.3 is 23.9 Å². The predicted molar refractivity (Wildman–Crippen MR) is 156 cm³/mol. The maximum absolute atomic E-state index is 15.8. The number of rotatable bonds is 7. The van der Waals surface area contributed by atoms with Crippen LogP contribution in [-0.2, 0) is 23.5 Å². The third kappa shape index (κ3) is 4.84. The summed E-state index contributed by atoms with van der Waals surface area (Å²) in [4.78, 5) is 16.2. The molecule has 5 aromatic rings. The number of para-hydroxylation sites is 1. The smallest absolute Gasteiger partial charge is 0.335 e. The highest BCUT2D eigenvalue weighted by atomic mass is 35.5. The molecule has 2 aliphatic rings. The van der Waals surface area contributed by atoms with E-state index >= 15 is 8.78 Å². The van der Waals surface area contributed by atoms with Crippen molar-refractivity contribution in [1.29, 1.82) is 0 Å². The number of imidazole rings is 1. The van der Waals surface area contributed by atoms with Crippen molar-refractivity contribution in [3.63, 3.8) is 0 Å². The van der Waals surface area contributed by atoms with Crippen molar-refractivity contribution in [1.82, 2.24) is 9.55 Å². The van der Waals surface area contributed by atoms with Crippen molar-refractivity contribution >= 4 is 28.6 Å².